The van der Waals surface area contributed by atoms with Gasteiger partial charge >= 0.3 is 5.97 Å². The van der Waals surface area contributed by atoms with Gasteiger partial charge in [0.1, 0.15) is 12.3 Å². The zero-order valence-corrected chi connectivity index (χ0v) is 17.0. The van der Waals surface area contributed by atoms with Gasteiger partial charge in [0, 0.05) is 5.92 Å². The summed E-state index contributed by atoms with van der Waals surface area (Å²) in [6.45, 7) is 12.3. The summed E-state index contributed by atoms with van der Waals surface area (Å²) in [5, 5.41) is 10.6. The molecule has 0 fully saturated rings. The number of carboxylic acids is 1. The normalized spacial score (nSPS) is 13.4. The van der Waals surface area contributed by atoms with E-state index in [-0.39, 0.29) is 5.92 Å². The molecule has 5 heteroatoms. The first-order valence-corrected chi connectivity index (χ1v) is 9.51. The second kappa shape index (κ2) is 22.4. The Morgan fingerprint density at radius 3 is 1.96 bits per heavy atom. The van der Waals surface area contributed by atoms with Crippen molar-refractivity contribution in [3.8, 4) is 0 Å². The van der Waals surface area contributed by atoms with Crippen LogP contribution in [0.4, 0.5) is 0 Å². The van der Waals surface area contributed by atoms with Crippen LogP contribution in [0.1, 0.15) is 80.1 Å². The quantitative estimate of drug-likeness (QED) is 0.395. The maximum absolute atomic E-state index is 10.8. The summed E-state index contributed by atoms with van der Waals surface area (Å²) < 4.78 is 0. The van der Waals surface area contributed by atoms with Crippen LogP contribution in [-0.4, -0.2) is 29.8 Å². The van der Waals surface area contributed by atoms with Crippen LogP contribution < -0.4 is 5.32 Å². The Balaban J connectivity index is -0.000000362. The minimum Gasteiger partial charge on any atom is -0.480 e. The first kappa shape index (κ1) is 28.2. The molecule has 25 heavy (non-hydrogen) atoms. The summed E-state index contributed by atoms with van der Waals surface area (Å²) in [4.78, 5) is 30.9. The first-order chi connectivity index (χ1) is 12.0. The predicted octanol–water partition coefficient (Wildman–Crippen LogP) is 4.61. The van der Waals surface area contributed by atoms with Gasteiger partial charge in [-0.3, -0.25) is 4.79 Å². The van der Waals surface area contributed by atoms with E-state index in [2.05, 4.69) is 38.2 Å². The molecule has 3 atom stereocenters. The van der Waals surface area contributed by atoms with E-state index >= 15 is 0 Å². The lowest BCUT2D eigenvalue weighted by Gasteiger charge is -2.15. The van der Waals surface area contributed by atoms with Gasteiger partial charge in [0.2, 0.25) is 6.41 Å². The number of carboxylic acid groups (broad SMARTS) is 1. The number of aldehydes is 1. The van der Waals surface area contributed by atoms with Crippen LogP contribution in [0.25, 0.3) is 0 Å². The summed E-state index contributed by atoms with van der Waals surface area (Å²) in [6.07, 6.45) is 11.3. The summed E-state index contributed by atoms with van der Waals surface area (Å²) in [6, 6.07) is -0.720. The molecule has 3 unspecified atom stereocenters. The number of carbonyl (C=O) groups is 3. The number of hydrogen-bond acceptors (Lipinski definition) is 3. The average Bonchev–Trinajstić information content (AvgIpc) is 2.61. The van der Waals surface area contributed by atoms with Gasteiger partial charge in [-0.15, -0.1) is 0 Å². The summed E-state index contributed by atoms with van der Waals surface area (Å²) in [7, 11) is 0. The van der Waals surface area contributed by atoms with Crippen molar-refractivity contribution in [2.24, 2.45) is 11.8 Å². The van der Waals surface area contributed by atoms with Gasteiger partial charge in [-0.25, -0.2) is 4.79 Å². The van der Waals surface area contributed by atoms with Crippen molar-refractivity contribution < 1.29 is 19.5 Å². The van der Waals surface area contributed by atoms with Gasteiger partial charge in [0.25, 0.3) is 0 Å². The van der Waals surface area contributed by atoms with Crippen LogP contribution in [0.2, 0.25) is 0 Å². The molecule has 0 aliphatic heterocycles. The highest BCUT2D eigenvalue weighted by Crippen LogP contribution is 2.19. The molecule has 0 saturated heterocycles. The van der Waals surface area contributed by atoms with E-state index in [1.807, 2.05) is 20.8 Å². The number of hydrogen-bond donors (Lipinski definition) is 2. The minimum atomic E-state index is -0.978. The van der Waals surface area contributed by atoms with E-state index < -0.39 is 12.0 Å². The van der Waals surface area contributed by atoms with E-state index in [9.17, 15) is 14.4 Å². The lowest BCUT2D eigenvalue weighted by Crippen LogP contribution is -2.35. The van der Waals surface area contributed by atoms with Crippen molar-refractivity contribution in [2.75, 3.05) is 0 Å². The van der Waals surface area contributed by atoms with Crippen molar-refractivity contribution in [1.82, 2.24) is 5.32 Å². The molecule has 0 radical (unpaired) electrons. The summed E-state index contributed by atoms with van der Waals surface area (Å²) >= 11 is 0. The van der Waals surface area contributed by atoms with E-state index in [0.717, 1.165) is 32.0 Å². The second-order valence-electron chi connectivity index (χ2n) is 5.65. The molecular weight excluding hydrogens is 318 g/mol. The van der Waals surface area contributed by atoms with Crippen LogP contribution in [0, 0.1) is 11.8 Å². The molecule has 0 bridgehead atoms. The Morgan fingerprint density at radius 1 is 1.04 bits per heavy atom. The van der Waals surface area contributed by atoms with Crippen molar-refractivity contribution in [2.45, 2.75) is 86.1 Å². The third kappa shape index (κ3) is 18.5. The molecule has 0 heterocycles. The molecule has 0 aromatic heterocycles. The fourth-order valence-corrected chi connectivity index (χ4v) is 2.16. The molecule has 5 nitrogen and oxygen atoms in total. The van der Waals surface area contributed by atoms with Crippen LogP contribution >= 0.6 is 0 Å². The van der Waals surface area contributed by atoms with Gasteiger partial charge in [-0.1, -0.05) is 73.0 Å². The number of amides is 1. The highest BCUT2D eigenvalue weighted by atomic mass is 16.4. The molecule has 0 aliphatic rings. The maximum atomic E-state index is 10.8. The van der Waals surface area contributed by atoms with Gasteiger partial charge in [0.05, 0.1) is 0 Å². The Morgan fingerprint density at radius 2 is 1.60 bits per heavy atom. The molecule has 0 aromatic carbocycles. The van der Waals surface area contributed by atoms with Gasteiger partial charge in [-0.05, 0) is 25.2 Å². The van der Waals surface area contributed by atoms with Gasteiger partial charge < -0.3 is 15.2 Å². The standard InChI is InChI=1S/C12H22O.C6H11NO3.C2H6/c1-4-6-7-9-12(10-13)11(3)8-5-2;1-2-3-5(6(9)10)7-4-8;1-2/h6-7,10-12H,4-5,8-9H2,1-3H3;4-5H,2-3H2,1H3,(H,7,8)(H,9,10);1-2H3/b7-6+;;. The Hall–Kier alpha value is -1.65. The highest BCUT2D eigenvalue weighted by Gasteiger charge is 2.14. The van der Waals surface area contributed by atoms with E-state index in [1.54, 1.807) is 0 Å². The van der Waals surface area contributed by atoms with E-state index in [4.69, 9.17) is 5.11 Å². The highest BCUT2D eigenvalue weighted by molar-refractivity contribution is 5.76. The maximum Gasteiger partial charge on any atom is 0.326 e. The number of aliphatic carboxylic acids is 1. The minimum absolute atomic E-state index is 0.225. The van der Waals surface area contributed by atoms with E-state index in [1.165, 1.54) is 6.42 Å². The fraction of sp³-hybridized carbons (Fsp3) is 0.750. The summed E-state index contributed by atoms with van der Waals surface area (Å²) in [5.41, 5.74) is 0. The number of rotatable bonds is 12. The number of nitrogens with one attached hydrogen (secondary N) is 1. The zero-order chi connectivity index (χ0) is 20.1. The average molecular weight is 358 g/mol. The third-order valence-electron chi connectivity index (χ3n) is 3.61. The summed E-state index contributed by atoms with van der Waals surface area (Å²) in [5.74, 6) is -0.222. The third-order valence-corrected chi connectivity index (χ3v) is 3.61. The van der Waals surface area contributed by atoms with E-state index in [0.29, 0.717) is 18.7 Å². The van der Waals surface area contributed by atoms with Crippen molar-refractivity contribution in [3.63, 3.8) is 0 Å². The van der Waals surface area contributed by atoms with Crippen molar-refractivity contribution >= 4 is 18.7 Å². The number of allylic oxidation sites excluding steroid dienone is 2. The zero-order valence-electron chi connectivity index (χ0n) is 17.0. The largest absolute Gasteiger partial charge is 0.480 e. The molecular formula is C20H39NO4. The Labute approximate surface area is 154 Å². The smallest absolute Gasteiger partial charge is 0.326 e. The Kier molecular flexibility index (Phi) is 25.2. The molecule has 0 saturated carbocycles. The predicted molar refractivity (Wildman–Crippen MR) is 105 cm³/mol. The molecule has 1 amide bonds. The molecule has 0 rings (SSSR count). The molecule has 2 N–H and O–H groups in total. The molecule has 0 aromatic rings. The molecule has 0 aliphatic carbocycles. The lowest BCUT2D eigenvalue weighted by atomic mass is 9.89. The van der Waals surface area contributed by atoms with Crippen LogP contribution in [0.15, 0.2) is 12.2 Å². The van der Waals surface area contributed by atoms with Crippen molar-refractivity contribution in [3.05, 3.63) is 12.2 Å². The fourth-order valence-electron chi connectivity index (χ4n) is 2.16. The van der Waals surface area contributed by atoms with Crippen LogP contribution in [0.5, 0.6) is 0 Å². The number of carbonyl (C=O) groups excluding carboxylic acids is 2. The van der Waals surface area contributed by atoms with Gasteiger partial charge in [0.15, 0.2) is 0 Å². The second-order valence-corrected chi connectivity index (χ2v) is 5.65. The van der Waals surface area contributed by atoms with Crippen LogP contribution in [0.3, 0.4) is 0 Å². The van der Waals surface area contributed by atoms with Crippen molar-refractivity contribution in [1.29, 1.82) is 0 Å². The van der Waals surface area contributed by atoms with Gasteiger partial charge in [-0.2, -0.15) is 0 Å². The monoisotopic (exact) mass is 357 g/mol. The SMILES string of the molecule is CC.CC/C=C/CC(C=O)C(C)CCC.CCCC(NC=O)C(=O)O. The molecule has 0 spiro atoms. The molecule has 148 valence electrons. The lowest BCUT2D eigenvalue weighted by molar-refractivity contribution is -0.140. The Bertz CT molecular complexity index is 343. The topological polar surface area (TPSA) is 83.5 Å². The van der Waals surface area contributed by atoms with Crippen LogP contribution in [-0.2, 0) is 14.4 Å². The first-order valence-electron chi connectivity index (χ1n) is 9.51.